The topological polar surface area (TPSA) is 42.4 Å². The van der Waals surface area contributed by atoms with E-state index in [9.17, 15) is 9.50 Å². The van der Waals surface area contributed by atoms with Crippen LogP contribution in [0.15, 0.2) is 36.7 Å². The van der Waals surface area contributed by atoms with Crippen LogP contribution >= 0.6 is 11.6 Å². The molecule has 0 spiro atoms. The van der Waals surface area contributed by atoms with Crippen LogP contribution in [0.5, 0.6) is 5.75 Å². The Labute approximate surface area is 109 Å². The lowest BCUT2D eigenvalue weighted by Gasteiger charge is -2.11. The lowest BCUT2D eigenvalue weighted by molar-refractivity contribution is 0.259. The van der Waals surface area contributed by atoms with Crippen molar-refractivity contribution in [2.24, 2.45) is 0 Å². The van der Waals surface area contributed by atoms with Gasteiger partial charge in [-0.3, -0.25) is 4.98 Å². The highest BCUT2D eigenvalue weighted by Crippen LogP contribution is 2.26. The normalized spacial score (nSPS) is 10.4. The summed E-state index contributed by atoms with van der Waals surface area (Å²) in [4.78, 5) is 3.73. The third-order valence-electron chi connectivity index (χ3n) is 2.39. The zero-order valence-corrected chi connectivity index (χ0v) is 10.2. The number of pyridine rings is 1. The molecule has 0 radical (unpaired) electrons. The number of hydrogen-bond acceptors (Lipinski definition) is 3. The van der Waals surface area contributed by atoms with Crippen molar-refractivity contribution in [3.8, 4) is 5.75 Å². The Morgan fingerprint density at radius 3 is 2.89 bits per heavy atom. The number of halogens is 2. The van der Waals surface area contributed by atoms with Gasteiger partial charge in [0.15, 0.2) is 0 Å². The quantitative estimate of drug-likeness (QED) is 0.926. The van der Waals surface area contributed by atoms with Crippen molar-refractivity contribution in [1.82, 2.24) is 4.98 Å². The highest BCUT2D eigenvalue weighted by atomic mass is 35.5. The van der Waals surface area contributed by atoms with Crippen molar-refractivity contribution in [2.75, 3.05) is 0 Å². The summed E-state index contributed by atoms with van der Waals surface area (Å²) in [5, 5.41) is 9.64. The molecule has 0 aliphatic carbocycles. The summed E-state index contributed by atoms with van der Waals surface area (Å²) in [6.45, 7) is -0.0471. The molecule has 1 aromatic heterocycles. The lowest BCUT2D eigenvalue weighted by atomic mass is 10.2. The molecule has 0 atom stereocenters. The SMILES string of the molecule is OCc1c(Cl)cccc1OCc1cncc(F)c1. The fourth-order valence-electron chi connectivity index (χ4n) is 1.52. The highest BCUT2D eigenvalue weighted by molar-refractivity contribution is 6.31. The maximum Gasteiger partial charge on any atom is 0.141 e. The monoisotopic (exact) mass is 267 g/mol. The highest BCUT2D eigenvalue weighted by Gasteiger charge is 2.07. The van der Waals surface area contributed by atoms with Gasteiger partial charge in [-0.2, -0.15) is 0 Å². The summed E-state index contributed by atoms with van der Waals surface area (Å²) in [6, 6.07) is 6.44. The summed E-state index contributed by atoms with van der Waals surface area (Å²) < 4.78 is 18.4. The van der Waals surface area contributed by atoms with Crippen LogP contribution in [0.25, 0.3) is 0 Å². The number of aliphatic hydroxyl groups is 1. The van der Waals surface area contributed by atoms with Crippen LogP contribution in [-0.4, -0.2) is 10.1 Å². The van der Waals surface area contributed by atoms with E-state index in [-0.39, 0.29) is 13.2 Å². The second-order valence-corrected chi connectivity index (χ2v) is 4.08. The minimum absolute atomic E-state index is 0.165. The predicted molar refractivity (Wildman–Crippen MR) is 65.9 cm³/mol. The van der Waals surface area contributed by atoms with Gasteiger partial charge in [0.25, 0.3) is 0 Å². The molecule has 0 fully saturated rings. The van der Waals surface area contributed by atoms with E-state index in [1.54, 1.807) is 18.2 Å². The van der Waals surface area contributed by atoms with Gasteiger partial charge in [0, 0.05) is 22.3 Å². The maximum absolute atomic E-state index is 12.9. The van der Waals surface area contributed by atoms with E-state index in [2.05, 4.69) is 4.98 Å². The van der Waals surface area contributed by atoms with Gasteiger partial charge in [0.05, 0.1) is 12.8 Å². The van der Waals surface area contributed by atoms with E-state index >= 15 is 0 Å². The van der Waals surface area contributed by atoms with Crippen LogP contribution in [0, 0.1) is 5.82 Å². The van der Waals surface area contributed by atoms with E-state index in [0.29, 0.717) is 21.9 Å². The molecule has 0 saturated heterocycles. The Kier molecular flexibility index (Phi) is 4.12. The van der Waals surface area contributed by atoms with Gasteiger partial charge in [0.1, 0.15) is 18.2 Å². The third-order valence-corrected chi connectivity index (χ3v) is 2.74. The van der Waals surface area contributed by atoms with Gasteiger partial charge in [-0.15, -0.1) is 0 Å². The molecule has 0 aliphatic rings. The van der Waals surface area contributed by atoms with Crippen molar-refractivity contribution in [1.29, 1.82) is 0 Å². The zero-order chi connectivity index (χ0) is 13.0. The third kappa shape index (κ3) is 2.97. The van der Waals surface area contributed by atoms with Crippen molar-refractivity contribution >= 4 is 11.6 Å². The number of benzene rings is 1. The molecule has 1 N–H and O–H groups in total. The Morgan fingerprint density at radius 1 is 1.33 bits per heavy atom. The van der Waals surface area contributed by atoms with Crippen molar-refractivity contribution in [2.45, 2.75) is 13.2 Å². The zero-order valence-electron chi connectivity index (χ0n) is 9.44. The van der Waals surface area contributed by atoms with Gasteiger partial charge in [-0.25, -0.2) is 4.39 Å². The number of ether oxygens (including phenoxy) is 1. The van der Waals surface area contributed by atoms with Gasteiger partial charge in [-0.1, -0.05) is 17.7 Å². The van der Waals surface area contributed by atoms with E-state index in [1.165, 1.54) is 12.3 Å². The number of nitrogens with zero attached hydrogens (tertiary/aromatic N) is 1. The molecular weight excluding hydrogens is 257 g/mol. The number of aliphatic hydroxyl groups excluding tert-OH is 1. The van der Waals surface area contributed by atoms with E-state index < -0.39 is 5.82 Å². The Bertz CT molecular complexity index is 548. The van der Waals surface area contributed by atoms with Crippen molar-refractivity contribution < 1.29 is 14.2 Å². The van der Waals surface area contributed by atoms with Crippen LogP contribution in [0.3, 0.4) is 0 Å². The van der Waals surface area contributed by atoms with Gasteiger partial charge < -0.3 is 9.84 Å². The summed E-state index contributed by atoms with van der Waals surface area (Å²) in [5.74, 6) is 0.0684. The first-order chi connectivity index (χ1) is 8.70. The summed E-state index contributed by atoms with van der Waals surface area (Å²) in [7, 11) is 0. The van der Waals surface area contributed by atoms with E-state index in [1.807, 2.05) is 0 Å². The maximum atomic E-state index is 12.9. The summed E-state index contributed by atoms with van der Waals surface area (Å²) in [5.41, 5.74) is 1.13. The van der Waals surface area contributed by atoms with Crippen LogP contribution in [0.2, 0.25) is 5.02 Å². The van der Waals surface area contributed by atoms with E-state index in [4.69, 9.17) is 16.3 Å². The molecule has 0 saturated carbocycles. The summed E-state index contributed by atoms with van der Waals surface area (Å²) in [6.07, 6.45) is 2.65. The molecule has 0 aliphatic heterocycles. The molecule has 0 amide bonds. The molecule has 18 heavy (non-hydrogen) atoms. The average molecular weight is 268 g/mol. The van der Waals surface area contributed by atoms with Crippen LogP contribution in [-0.2, 0) is 13.2 Å². The number of aromatic nitrogens is 1. The molecule has 0 bridgehead atoms. The average Bonchev–Trinajstić information content (AvgIpc) is 2.36. The Balaban J connectivity index is 2.13. The molecule has 1 heterocycles. The van der Waals surface area contributed by atoms with Gasteiger partial charge in [-0.05, 0) is 18.2 Å². The van der Waals surface area contributed by atoms with Gasteiger partial charge >= 0.3 is 0 Å². The molecule has 5 heteroatoms. The predicted octanol–water partition coefficient (Wildman–Crippen LogP) is 2.95. The Morgan fingerprint density at radius 2 is 2.17 bits per heavy atom. The smallest absolute Gasteiger partial charge is 0.141 e. The Hall–Kier alpha value is -1.65. The first-order valence-corrected chi connectivity index (χ1v) is 5.69. The largest absolute Gasteiger partial charge is 0.488 e. The minimum Gasteiger partial charge on any atom is -0.488 e. The van der Waals surface area contributed by atoms with E-state index in [0.717, 1.165) is 6.20 Å². The fourth-order valence-corrected chi connectivity index (χ4v) is 1.75. The second kappa shape index (κ2) is 5.80. The molecule has 3 nitrogen and oxygen atoms in total. The van der Waals surface area contributed by atoms with Crippen molar-refractivity contribution in [3.63, 3.8) is 0 Å². The van der Waals surface area contributed by atoms with Crippen LogP contribution in [0.1, 0.15) is 11.1 Å². The molecule has 1 aromatic carbocycles. The first kappa shape index (κ1) is 12.8. The molecular formula is C13H11ClFNO2. The molecule has 2 aromatic rings. The number of rotatable bonds is 4. The molecule has 0 unspecified atom stereocenters. The summed E-state index contributed by atoms with van der Waals surface area (Å²) >= 11 is 5.92. The first-order valence-electron chi connectivity index (χ1n) is 5.31. The minimum atomic E-state index is -0.412. The van der Waals surface area contributed by atoms with Crippen LogP contribution < -0.4 is 4.74 Å². The standard InChI is InChI=1S/C13H11ClFNO2/c14-12-2-1-3-13(11(12)7-17)18-8-9-4-10(15)6-16-5-9/h1-6,17H,7-8H2. The second-order valence-electron chi connectivity index (χ2n) is 3.67. The number of hydrogen-bond donors (Lipinski definition) is 1. The molecule has 2 rings (SSSR count). The van der Waals surface area contributed by atoms with Crippen molar-refractivity contribution in [3.05, 3.63) is 58.6 Å². The molecule has 94 valence electrons. The lowest BCUT2D eigenvalue weighted by Crippen LogP contribution is -2.00. The fraction of sp³-hybridized carbons (Fsp3) is 0.154. The van der Waals surface area contributed by atoms with Crippen LogP contribution in [0.4, 0.5) is 4.39 Å². The van der Waals surface area contributed by atoms with Gasteiger partial charge in [0.2, 0.25) is 0 Å².